The summed E-state index contributed by atoms with van der Waals surface area (Å²) in [6.45, 7) is 7.55. The molecular weight excluding hydrogens is 375 g/mol. The van der Waals surface area contributed by atoms with Crippen LogP contribution < -0.4 is 5.32 Å². The highest BCUT2D eigenvalue weighted by Crippen LogP contribution is 2.31. The van der Waals surface area contributed by atoms with E-state index in [-0.39, 0.29) is 5.82 Å². The number of rotatable bonds is 7. The molecule has 0 bridgehead atoms. The molecule has 0 unspecified atom stereocenters. The average molecular weight is 415 g/mol. The van der Waals surface area contributed by atoms with Gasteiger partial charge in [0.05, 0.1) is 5.52 Å². The van der Waals surface area contributed by atoms with Gasteiger partial charge >= 0.3 is 0 Å². The van der Waals surface area contributed by atoms with Crippen molar-refractivity contribution in [1.82, 2.24) is 19.8 Å². The first kappa shape index (κ1) is 21.8. The second kappa shape index (κ2) is 10.7. The first-order valence-corrected chi connectivity index (χ1v) is 12.3. The van der Waals surface area contributed by atoms with Crippen LogP contribution in [0.25, 0.3) is 11.0 Å². The number of aromatic nitrogens is 2. The maximum atomic E-state index is 14.4. The normalized spacial score (nSPS) is 20.5. The van der Waals surface area contributed by atoms with Gasteiger partial charge in [0.2, 0.25) is 0 Å². The molecule has 1 saturated carbocycles. The van der Waals surface area contributed by atoms with Gasteiger partial charge in [-0.3, -0.25) is 0 Å². The van der Waals surface area contributed by atoms with Crippen molar-refractivity contribution in [3.05, 3.63) is 29.8 Å². The Bertz CT molecular complexity index is 786. The molecule has 1 aromatic heterocycles. The van der Waals surface area contributed by atoms with Gasteiger partial charge in [-0.2, -0.15) is 0 Å². The number of benzene rings is 1. The molecule has 0 spiro atoms. The summed E-state index contributed by atoms with van der Waals surface area (Å²) < 4.78 is 16.8. The van der Waals surface area contributed by atoms with Crippen LogP contribution in [0.2, 0.25) is 0 Å². The fraction of sp³-hybridized carbons (Fsp3) is 0.720. The van der Waals surface area contributed by atoms with Crippen molar-refractivity contribution < 1.29 is 4.39 Å². The van der Waals surface area contributed by atoms with Crippen LogP contribution in [0.4, 0.5) is 4.39 Å². The van der Waals surface area contributed by atoms with Crippen molar-refractivity contribution in [3.63, 3.8) is 0 Å². The summed E-state index contributed by atoms with van der Waals surface area (Å²) in [5.74, 6) is 1.73. The zero-order chi connectivity index (χ0) is 20.8. The number of para-hydroxylation sites is 1. The smallest absolute Gasteiger partial charge is 0.151 e. The summed E-state index contributed by atoms with van der Waals surface area (Å²) in [6.07, 6.45) is 13.1. The molecule has 2 heterocycles. The van der Waals surface area contributed by atoms with Gasteiger partial charge in [0.15, 0.2) is 5.82 Å². The van der Waals surface area contributed by atoms with Gasteiger partial charge in [0.25, 0.3) is 0 Å². The Balaban J connectivity index is 1.43. The Morgan fingerprint density at radius 2 is 1.77 bits per heavy atom. The Morgan fingerprint density at radius 3 is 2.50 bits per heavy atom. The quantitative estimate of drug-likeness (QED) is 0.622. The predicted molar refractivity (Wildman–Crippen MR) is 122 cm³/mol. The second-order valence-corrected chi connectivity index (χ2v) is 9.35. The molecule has 30 heavy (non-hydrogen) atoms. The summed E-state index contributed by atoms with van der Waals surface area (Å²) in [6, 6.07) is 5.84. The lowest BCUT2D eigenvalue weighted by Crippen LogP contribution is -2.38. The van der Waals surface area contributed by atoms with Crippen LogP contribution in [0.15, 0.2) is 18.2 Å². The first-order chi connectivity index (χ1) is 14.8. The van der Waals surface area contributed by atoms with Crippen LogP contribution in [0.1, 0.15) is 76.6 Å². The second-order valence-electron chi connectivity index (χ2n) is 9.35. The Labute approximate surface area is 181 Å². The number of nitrogens with one attached hydrogen (secondary N) is 1. The molecule has 5 heteroatoms. The van der Waals surface area contributed by atoms with Gasteiger partial charge in [-0.25, -0.2) is 9.37 Å². The highest BCUT2D eigenvalue weighted by molar-refractivity contribution is 5.77. The minimum Gasteiger partial charge on any atom is -0.325 e. The maximum Gasteiger partial charge on any atom is 0.151 e. The molecule has 0 radical (unpaired) electrons. The highest BCUT2D eigenvalue weighted by Gasteiger charge is 2.26. The van der Waals surface area contributed by atoms with E-state index in [4.69, 9.17) is 4.98 Å². The maximum absolute atomic E-state index is 14.4. The zero-order valence-corrected chi connectivity index (χ0v) is 18.7. The number of likely N-dealkylation sites (tertiary alicyclic amines) is 1. The van der Waals surface area contributed by atoms with E-state index in [9.17, 15) is 4.39 Å². The fourth-order valence-corrected chi connectivity index (χ4v) is 5.54. The van der Waals surface area contributed by atoms with Crippen LogP contribution in [0, 0.1) is 11.7 Å². The number of fused-ring (bicyclic) bond motifs is 1. The summed E-state index contributed by atoms with van der Waals surface area (Å²) >= 11 is 0. The molecule has 0 amide bonds. The van der Waals surface area contributed by atoms with Crippen molar-refractivity contribution >= 4 is 11.0 Å². The first-order valence-electron chi connectivity index (χ1n) is 12.3. The van der Waals surface area contributed by atoms with Gasteiger partial charge in [-0.05, 0) is 50.3 Å². The van der Waals surface area contributed by atoms with Gasteiger partial charge in [0, 0.05) is 38.6 Å². The molecule has 1 aliphatic heterocycles. The SMILES string of the molecule is CCNCCc1nc2c(F)cccc2n1C1CCN(CC2CCCCCCC2)CC1. The van der Waals surface area contributed by atoms with Crippen LogP contribution in [0.5, 0.6) is 0 Å². The number of likely N-dealkylation sites (N-methyl/N-ethyl adjacent to an activating group) is 1. The zero-order valence-electron chi connectivity index (χ0n) is 18.7. The topological polar surface area (TPSA) is 33.1 Å². The Hall–Kier alpha value is -1.46. The van der Waals surface area contributed by atoms with Crippen molar-refractivity contribution in [2.75, 3.05) is 32.7 Å². The van der Waals surface area contributed by atoms with Gasteiger partial charge in [-0.15, -0.1) is 0 Å². The number of hydrogen-bond acceptors (Lipinski definition) is 3. The molecule has 2 fully saturated rings. The summed E-state index contributed by atoms with van der Waals surface area (Å²) in [5.41, 5.74) is 1.51. The standard InChI is InChI=1S/C25H39FN4/c1-2-27-16-13-24-28-25-22(26)11-8-12-23(25)30(24)21-14-17-29(18-15-21)19-20-9-6-4-3-5-7-10-20/h8,11-12,20-21,27H,2-7,9-10,13-19H2,1H3. The van der Waals surface area contributed by atoms with Gasteiger partial charge < -0.3 is 14.8 Å². The molecule has 1 N–H and O–H groups in total. The third kappa shape index (κ3) is 5.23. The van der Waals surface area contributed by atoms with E-state index in [1.165, 1.54) is 57.6 Å². The average Bonchev–Trinajstić information content (AvgIpc) is 3.10. The van der Waals surface area contributed by atoms with Gasteiger partial charge in [-0.1, -0.05) is 45.1 Å². The monoisotopic (exact) mass is 414 g/mol. The third-order valence-corrected chi connectivity index (χ3v) is 7.18. The van der Waals surface area contributed by atoms with Crippen LogP contribution in [-0.2, 0) is 6.42 Å². The third-order valence-electron chi connectivity index (χ3n) is 7.18. The minimum absolute atomic E-state index is 0.197. The van der Waals surface area contributed by atoms with Crippen LogP contribution >= 0.6 is 0 Å². The van der Waals surface area contributed by atoms with E-state index in [1.54, 1.807) is 0 Å². The van der Waals surface area contributed by atoms with E-state index >= 15 is 0 Å². The highest BCUT2D eigenvalue weighted by atomic mass is 19.1. The van der Waals surface area contributed by atoms with Crippen molar-refractivity contribution in [2.24, 2.45) is 5.92 Å². The molecule has 2 aromatic rings. The Morgan fingerprint density at radius 1 is 1.03 bits per heavy atom. The largest absolute Gasteiger partial charge is 0.325 e. The van der Waals surface area contributed by atoms with Gasteiger partial charge in [0.1, 0.15) is 11.3 Å². The van der Waals surface area contributed by atoms with E-state index in [0.717, 1.165) is 62.7 Å². The molecule has 1 saturated heterocycles. The number of piperidine rings is 1. The molecule has 4 rings (SSSR count). The van der Waals surface area contributed by atoms with Crippen LogP contribution in [0.3, 0.4) is 0 Å². The lowest BCUT2D eigenvalue weighted by atomic mass is 9.90. The van der Waals surface area contributed by atoms with Crippen molar-refractivity contribution in [3.8, 4) is 0 Å². The molecule has 2 aliphatic rings. The predicted octanol–water partition coefficient (Wildman–Crippen LogP) is 5.32. The van der Waals surface area contributed by atoms with Crippen molar-refractivity contribution in [2.45, 2.75) is 77.2 Å². The lowest BCUT2D eigenvalue weighted by molar-refractivity contribution is 0.152. The van der Waals surface area contributed by atoms with E-state index in [0.29, 0.717) is 11.6 Å². The number of halogens is 1. The molecule has 4 nitrogen and oxygen atoms in total. The van der Waals surface area contributed by atoms with Crippen molar-refractivity contribution in [1.29, 1.82) is 0 Å². The summed E-state index contributed by atoms with van der Waals surface area (Å²) in [4.78, 5) is 7.42. The molecule has 1 aromatic carbocycles. The van der Waals surface area contributed by atoms with E-state index in [1.807, 2.05) is 12.1 Å². The number of nitrogens with zero attached hydrogens (tertiary/aromatic N) is 3. The van der Waals surface area contributed by atoms with E-state index < -0.39 is 0 Å². The molecule has 166 valence electrons. The lowest BCUT2D eigenvalue weighted by Gasteiger charge is -2.36. The molecule has 0 atom stereocenters. The number of imidazole rings is 1. The summed E-state index contributed by atoms with van der Waals surface area (Å²) in [7, 11) is 0. The fourth-order valence-electron chi connectivity index (χ4n) is 5.54. The van der Waals surface area contributed by atoms with E-state index in [2.05, 4.69) is 21.7 Å². The molecular formula is C25H39FN4. The minimum atomic E-state index is -0.197. The summed E-state index contributed by atoms with van der Waals surface area (Å²) in [5, 5.41) is 3.39. The number of hydrogen-bond donors (Lipinski definition) is 1. The molecule has 1 aliphatic carbocycles. The Kier molecular flexibility index (Phi) is 7.78. The van der Waals surface area contributed by atoms with Crippen LogP contribution in [-0.4, -0.2) is 47.2 Å².